The molecule has 0 spiro atoms. The molecule has 208 valence electrons. The van der Waals surface area contributed by atoms with Crippen molar-refractivity contribution < 1.29 is 18.7 Å². The molecular weight excluding hydrogens is 499 g/mol. The average Bonchev–Trinajstić information content (AvgIpc) is 3.20. The summed E-state index contributed by atoms with van der Waals surface area (Å²) in [6, 6.07) is 8.05. The molecule has 1 aliphatic heterocycles. The summed E-state index contributed by atoms with van der Waals surface area (Å²) in [6.07, 6.45) is 4.44. The normalized spacial score (nSPS) is 15.7. The molecule has 39 heavy (non-hydrogen) atoms. The molecule has 0 saturated carbocycles. The number of carbonyl (C=O) groups excluding carboxylic acids is 2. The molecule has 1 N–H and O–H groups in total. The average molecular weight is 537 g/mol. The topological polar surface area (TPSA) is 92.6 Å². The molecule has 9 nitrogen and oxygen atoms in total. The minimum absolute atomic E-state index is 0.145. The number of rotatable bonds is 6. The van der Waals surface area contributed by atoms with Gasteiger partial charge in [-0.25, -0.2) is 14.2 Å². The van der Waals surface area contributed by atoms with Crippen LogP contribution < -0.4 is 15.1 Å². The zero-order chi connectivity index (χ0) is 28.3. The Morgan fingerprint density at radius 3 is 2.59 bits per heavy atom. The Kier molecular flexibility index (Phi) is 8.22. The van der Waals surface area contributed by atoms with Crippen molar-refractivity contribution in [2.24, 2.45) is 0 Å². The lowest BCUT2D eigenvalue weighted by atomic mass is 10.1. The number of pyridine rings is 1. The summed E-state index contributed by atoms with van der Waals surface area (Å²) in [7, 11) is 1.71. The maximum Gasteiger partial charge on any atom is 0.407 e. The largest absolute Gasteiger partial charge is 0.444 e. The lowest BCUT2D eigenvalue weighted by molar-refractivity contribution is 0.0499. The summed E-state index contributed by atoms with van der Waals surface area (Å²) < 4.78 is 21.6. The number of nitrogens with one attached hydrogen (secondary N) is 1. The number of hydrogen-bond acceptors (Lipinski definition) is 6. The maximum atomic E-state index is 14.2. The van der Waals surface area contributed by atoms with Crippen molar-refractivity contribution in [2.45, 2.75) is 65.6 Å². The number of amides is 2. The number of halogens is 1. The fourth-order valence-electron chi connectivity index (χ4n) is 4.80. The maximum absolute atomic E-state index is 14.2. The van der Waals surface area contributed by atoms with E-state index in [0.29, 0.717) is 36.1 Å². The van der Waals surface area contributed by atoms with Gasteiger partial charge in [0, 0.05) is 44.3 Å². The van der Waals surface area contributed by atoms with Gasteiger partial charge in [0.05, 0.1) is 12.2 Å². The molecule has 1 saturated heterocycles. The summed E-state index contributed by atoms with van der Waals surface area (Å²) in [5, 5.41) is 2.97. The second-order valence-electron chi connectivity index (χ2n) is 11.0. The molecule has 2 aromatic heterocycles. The number of piperidine rings is 1. The van der Waals surface area contributed by atoms with E-state index in [1.165, 1.54) is 12.1 Å². The first-order chi connectivity index (χ1) is 18.4. The molecule has 0 unspecified atom stereocenters. The number of imidazole rings is 1. The summed E-state index contributed by atoms with van der Waals surface area (Å²) in [5.41, 5.74) is 2.78. The van der Waals surface area contributed by atoms with Crippen molar-refractivity contribution in [3.05, 3.63) is 71.1 Å². The van der Waals surface area contributed by atoms with Crippen LogP contribution in [0.1, 0.15) is 60.9 Å². The molecule has 1 aromatic carbocycles. The van der Waals surface area contributed by atoms with E-state index in [0.717, 1.165) is 24.0 Å². The quantitative estimate of drug-likeness (QED) is 0.484. The molecule has 0 bridgehead atoms. The van der Waals surface area contributed by atoms with Crippen LogP contribution in [0.2, 0.25) is 0 Å². The number of aryl methyl sites for hydroxylation is 2. The first-order valence-corrected chi connectivity index (χ1v) is 13.2. The third kappa shape index (κ3) is 6.74. The van der Waals surface area contributed by atoms with Crippen LogP contribution in [-0.2, 0) is 11.3 Å². The molecule has 4 rings (SSSR count). The van der Waals surface area contributed by atoms with E-state index in [9.17, 15) is 14.0 Å². The number of benzene rings is 1. The first-order valence-electron chi connectivity index (χ1n) is 13.2. The lowest BCUT2D eigenvalue weighted by Crippen LogP contribution is -2.49. The van der Waals surface area contributed by atoms with E-state index in [-0.39, 0.29) is 24.3 Å². The van der Waals surface area contributed by atoms with Gasteiger partial charge in [0.25, 0.3) is 5.91 Å². The minimum Gasteiger partial charge on any atom is -0.444 e. The zero-order valence-corrected chi connectivity index (χ0v) is 23.5. The van der Waals surface area contributed by atoms with Gasteiger partial charge in [-0.2, -0.15) is 0 Å². The molecule has 3 heterocycles. The number of aromatic nitrogens is 3. The van der Waals surface area contributed by atoms with Crippen LogP contribution in [0.15, 0.2) is 42.7 Å². The van der Waals surface area contributed by atoms with Crippen molar-refractivity contribution in [1.29, 1.82) is 0 Å². The monoisotopic (exact) mass is 536 g/mol. The Morgan fingerprint density at radius 2 is 1.90 bits per heavy atom. The van der Waals surface area contributed by atoms with E-state index >= 15 is 0 Å². The smallest absolute Gasteiger partial charge is 0.407 e. The zero-order valence-electron chi connectivity index (χ0n) is 23.5. The van der Waals surface area contributed by atoms with Crippen molar-refractivity contribution in [3.8, 4) is 0 Å². The predicted molar refractivity (Wildman–Crippen MR) is 149 cm³/mol. The van der Waals surface area contributed by atoms with Crippen LogP contribution >= 0.6 is 0 Å². The number of alkyl carbamates (subject to hydrolysis) is 1. The second kappa shape index (κ2) is 11.4. The van der Waals surface area contributed by atoms with Gasteiger partial charge in [-0.15, -0.1) is 0 Å². The molecule has 3 aromatic rings. The predicted octanol–water partition coefficient (Wildman–Crippen LogP) is 4.85. The molecule has 2 amide bonds. The third-order valence-electron chi connectivity index (χ3n) is 6.74. The van der Waals surface area contributed by atoms with E-state index < -0.39 is 11.7 Å². The number of ether oxygens (including phenoxy) is 1. The third-order valence-corrected chi connectivity index (χ3v) is 6.74. The van der Waals surface area contributed by atoms with Gasteiger partial charge in [-0.1, -0.05) is 6.07 Å². The minimum atomic E-state index is -0.593. The van der Waals surface area contributed by atoms with Gasteiger partial charge in [-0.05, 0) is 82.9 Å². The van der Waals surface area contributed by atoms with E-state index in [2.05, 4.69) is 15.2 Å². The molecular formula is C29H37FN6O3. The highest BCUT2D eigenvalue weighted by Crippen LogP contribution is 2.27. The highest BCUT2D eigenvalue weighted by molar-refractivity contribution is 6.05. The highest BCUT2D eigenvalue weighted by Gasteiger charge is 2.31. The van der Waals surface area contributed by atoms with Crippen LogP contribution in [-0.4, -0.2) is 58.3 Å². The number of carbonyl (C=O) groups is 2. The van der Waals surface area contributed by atoms with Crippen molar-refractivity contribution in [3.63, 3.8) is 0 Å². The Hall–Kier alpha value is -3.95. The Balaban J connectivity index is 1.69. The summed E-state index contributed by atoms with van der Waals surface area (Å²) in [4.78, 5) is 38.8. The highest BCUT2D eigenvalue weighted by atomic mass is 19.1. The van der Waals surface area contributed by atoms with Gasteiger partial charge < -0.3 is 24.4 Å². The molecule has 10 heteroatoms. The lowest BCUT2D eigenvalue weighted by Gasteiger charge is -2.34. The first kappa shape index (κ1) is 28.1. The van der Waals surface area contributed by atoms with Crippen molar-refractivity contribution in [1.82, 2.24) is 19.9 Å². The Bertz CT molecular complexity index is 1330. The fourth-order valence-corrected chi connectivity index (χ4v) is 4.80. The molecule has 1 aliphatic rings. The summed E-state index contributed by atoms with van der Waals surface area (Å²) in [5.74, 6) is 0.0423. The van der Waals surface area contributed by atoms with Gasteiger partial charge in [0.1, 0.15) is 17.1 Å². The van der Waals surface area contributed by atoms with Crippen LogP contribution in [0.3, 0.4) is 0 Å². The SMILES string of the molecule is Cc1ccc(F)cc1Cn1c(N2CCC[C@@H](NC(=O)OC(C)(C)C)C2)nc(C)c1C(=O)N(C)c1ccncc1. The van der Waals surface area contributed by atoms with Crippen molar-refractivity contribution >= 4 is 23.6 Å². The van der Waals surface area contributed by atoms with Crippen LogP contribution in [0, 0.1) is 19.7 Å². The van der Waals surface area contributed by atoms with E-state index in [1.54, 1.807) is 42.5 Å². The van der Waals surface area contributed by atoms with Crippen LogP contribution in [0.25, 0.3) is 0 Å². The van der Waals surface area contributed by atoms with Gasteiger partial charge in [0.2, 0.25) is 5.95 Å². The van der Waals surface area contributed by atoms with Crippen LogP contribution in [0.4, 0.5) is 20.8 Å². The molecule has 1 fully saturated rings. The Labute approximate surface area is 229 Å². The van der Waals surface area contributed by atoms with Gasteiger partial charge in [0.15, 0.2) is 0 Å². The number of anilines is 2. The van der Waals surface area contributed by atoms with Crippen molar-refractivity contribution in [2.75, 3.05) is 29.9 Å². The van der Waals surface area contributed by atoms with E-state index in [1.807, 2.05) is 39.2 Å². The molecule has 0 radical (unpaired) electrons. The summed E-state index contributed by atoms with van der Waals surface area (Å²) in [6.45, 7) is 10.7. The number of hydrogen-bond donors (Lipinski definition) is 1. The number of nitrogens with zero attached hydrogens (tertiary/aromatic N) is 5. The Morgan fingerprint density at radius 1 is 1.18 bits per heavy atom. The van der Waals surface area contributed by atoms with Crippen LogP contribution in [0.5, 0.6) is 0 Å². The molecule has 0 aliphatic carbocycles. The fraction of sp³-hybridized carbons (Fsp3) is 0.448. The van der Waals surface area contributed by atoms with Gasteiger partial charge >= 0.3 is 6.09 Å². The molecule has 1 atom stereocenters. The van der Waals surface area contributed by atoms with Gasteiger partial charge in [-0.3, -0.25) is 9.78 Å². The van der Waals surface area contributed by atoms with E-state index in [4.69, 9.17) is 9.72 Å². The second-order valence-corrected chi connectivity index (χ2v) is 11.0. The standard InChI is InChI=1S/C29H37FN6O3/c1-19-9-10-22(30)16-21(19)17-36-25(26(37)34(6)24-11-13-31-14-12-24)20(2)32-27(36)35-15-7-8-23(18-35)33-28(38)39-29(3,4)5/h9-14,16,23H,7-8,15,17-18H2,1-6H3,(H,33,38)/t23-/m1/s1. The summed E-state index contributed by atoms with van der Waals surface area (Å²) >= 11 is 0.